The third-order valence-electron chi connectivity index (χ3n) is 4.37. The van der Waals surface area contributed by atoms with Crippen molar-refractivity contribution in [3.8, 4) is 5.69 Å². The van der Waals surface area contributed by atoms with Gasteiger partial charge in [0.25, 0.3) is 5.91 Å². The summed E-state index contributed by atoms with van der Waals surface area (Å²) < 4.78 is 21.8. The molecule has 1 N–H and O–H groups in total. The molecule has 24 heavy (non-hydrogen) atoms. The molecule has 1 amide bonds. The molecule has 6 heteroatoms. The lowest BCUT2D eigenvalue weighted by Gasteiger charge is -2.18. The average Bonchev–Trinajstić information content (AvgIpc) is 3.19. The van der Waals surface area contributed by atoms with E-state index >= 15 is 0 Å². The number of carbonyl (C=O) groups is 1. The second-order valence-electron chi connectivity index (χ2n) is 6.18. The second-order valence-corrected chi connectivity index (χ2v) is 6.18. The number of hydrogen-bond acceptors (Lipinski definition) is 3. The molecule has 1 aliphatic rings. The van der Waals surface area contributed by atoms with Gasteiger partial charge >= 0.3 is 0 Å². The Hall–Kier alpha value is -2.21. The Balaban J connectivity index is 1.66. The first-order valence-corrected chi connectivity index (χ1v) is 8.31. The minimum absolute atomic E-state index is 0.161. The van der Waals surface area contributed by atoms with Gasteiger partial charge < -0.3 is 14.6 Å². The lowest BCUT2D eigenvalue weighted by Crippen LogP contribution is -2.30. The summed E-state index contributed by atoms with van der Waals surface area (Å²) in [4.78, 5) is 16.3. The summed E-state index contributed by atoms with van der Waals surface area (Å²) in [5.74, 6) is 0.0235. The number of imidazole rings is 1. The minimum Gasteiger partial charge on any atom is -0.365 e. The SMILES string of the molecule is Cc1nccn1-c1ccc(NC(=O)C(C)OC2CCCC2)cc1F. The number of amides is 1. The molecule has 1 heterocycles. The molecule has 0 saturated heterocycles. The van der Waals surface area contributed by atoms with Crippen molar-refractivity contribution >= 4 is 11.6 Å². The third kappa shape index (κ3) is 3.64. The molecule has 0 bridgehead atoms. The molecule has 0 radical (unpaired) electrons. The fraction of sp³-hybridized carbons (Fsp3) is 0.444. The highest BCUT2D eigenvalue weighted by atomic mass is 19.1. The number of halogens is 1. The van der Waals surface area contributed by atoms with Crippen LogP contribution in [0.4, 0.5) is 10.1 Å². The molecule has 5 nitrogen and oxygen atoms in total. The highest BCUT2D eigenvalue weighted by Crippen LogP contribution is 2.23. The summed E-state index contributed by atoms with van der Waals surface area (Å²) in [6.45, 7) is 3.53. The highest BCUT2D eigenvalue weighted by molar-refractivity contribution is 5.94. The second kappa shape index (κ2) is 7.13. The number of nitrogens with one attached hydrogen (secondary N) is 1. The normalized spacial score (nSPS) is 16.3. The Kier molecular flexibility index (Phi) is 4.94. The lowest BCUT2D eigenvalue weighted by atomic mass is 10.2. The average molecular weight is 331 g/mol. The van der Waals surface area contributed by atoms with E-state index < -0.39 is 11.9 Å². The van der Waals surface area contributed by atoms with Crippen LogP contribution in [0.2, 0.25) is 0 Å². The van der Waals surface area contributed by atoms with E-state index in [1.165, 1.54) is 6.07 Å². The molecular weight excluding hydrogens is 309 g/mol. The smallest absolute Gasteiger partial charge is 0.253 e. The van der Waals surface area contributed by atoms with Gasteiger partial charge in [-0.3, -0.25) is 4.79 Å². The van der Waals surface area contributed by atoms with Crippen molar-refractivity contribution in [3.05, 3.63) is 42.2 Å². The molecular formula is C18H22FN3O2. The molecule has 1 aromatic carbocycles. The van der Waals surface area contributed by atoms with Crippen molar-refractivity contribution in [2.24, 2.45) is 0 Å². The highest BCUT2D eigenvalue weighted by Gasteiger charge is 2.22. The predicted molar refractivity (Wildman–Crippen MR) is 89.7 cm³/mol. The largest absolute Gasteiger partial charge is 0.365 e. The number of aryl methyl sites for hydroxylation is 1. The van der Waals surface area contributed by atoms with Gasteiger partial charge in [-0.05, 0) is 44.9 Å². The van der Waals surface area contributed by atoms with E-state index in [-0.39, 0.29) is 12.0 Å². The standard InChI is InChI=1S/C18H22FN3O2/c1-12(24-15-5-3-4-6-15)18(23)21-14-7-8-17(16(19)11-14)22-10-9-20-13(22)2/h7-12,15H,3-6H2,1-2H3,(H,21,23). The van der Waals surface area contributed by atoms with E-state index in [4.69, 9.17) is 4.74 Å². The molecule has 1 saturated carbocycles. The summed E-state index contributed by atoms with van der Waals surface area (Å²) in [5.41, 5.74) is 0.819. The van der Waals surface area contributed by atoms with Gasteiger partial charge in [0, 0.05) is 18.1 Å². The quantitative estimate of drug-likeness (QED) is 0.910. The monoisotopic (exact) mass is 331 g/mol. The molecule has 128 valence electrons. The summed E-state index contributed by atoms with van der Waals surface area (Å²) in [7, 11) is 0. The minimum atomic E-state index is -0.549. The van der Waals surface area contributed by atoms with Crippen molar-refractivity contribution < 1.29 is 13.9 Å². The van der Waals surface area contributed by atoms with Crippen LogP contribution < -0.4 is 5.32 Å². The molecule has 2 aromatic rings. The van der Waals surface area contributed by atoms with Crippen LogP contribution in [0.3, 0.4) is 0 Å². The molecule has 1 aliphatic carbocycles. The maximum atomic E-state index is 14.3. The van der Waals surface area contributed by atoms with Crippen LogP contribution in [0.15, 0.2) is 30.6 Å². The van der Waals surface area contributed by atoms with E-state index in [0.717, 1.165) is 25.7 Å². The number of carbonyl (C=O) groups excluding carboxylic acids is 1. The van der Waals surface area contributed by atoms with Crippen LogP contribution in [-0.2, 0) is 9.53 Å². The number of hydrogen-bond donors (Lipinski definition) is 1. The van der Waals surface area contributed by atoms with Gasteiger partial charge in [-0.2, -0.15) is 0 Å². The van der Waals surface area contributed by atoms with E-state index in [0.29, 0.717) is 17.2 Å². The van der Waals surface area contributed by atoms with Gasteiger partial charge in [-0.15, -0.1) is 0 Å². The molecule has 1 atom stereocenters. The zero-order chi connectivity index (χ0) is 17.1. The van der Waals surface area contributed by atoms with Gasteiger partial charge in [0.2, 0.25) is 0 Å². The number of anilines is 1. The fourth-order valence-electron chi connectivity index (χ4n) is 3.03. The van der Waals surface area contributed by atoms with Crippen LogP contribution >= 0.6 is 0 Å². The maximum absolute atomic E-state index is 14.3. The predicted octanol–water partition coefficient (Wildman–Crippen LogP) is 3.61. The van der Waals surface area contributed by atoms with Crippen molar-refractivity contribution in [2.45, 2.75) is 51.7 Å². The van der Waals surface area contributed by atoms with E-state index in [2.05, 4.69) is 10.3 Å². The molecule has 1 unspecified atom stereocenters. The molecule has 1 fully saturated rings. The van der Waals surface area contributed by atoms with Crippen LogP contribution in [0.1, 0.15) is 38.4 Å². The Bertz CT molecular complexity index is 723. The number of benzene rings is 1. The molecule has 3 rings (SSSR count). The maximum Gasteiger partial charge on any atom is 0.253 e. The van der Waals surface area contributed by atoms with Crippen LogP contribution in [-0.4, -0.2) is 27.7 Å². The number of ether oxygens (including phenoxy) is 1. The number of rotatable bonds is 5. The summed E-state index contributed by atoms with van der Waals surface area (Å²) in [6, 6.07) is 4.62. The van der Waals surface area contributed by atoms with Crippen molar-refractivity contribution in [1.29, 1.82) is 0 Å². The van der Waals surface area contributed by atoms with E-state index in [1.807, 2.05) is 0 Å². The topological polar surface area (TPSA) is 56.2 Å². The van der Waals surface area contributed by atoms with Crippen LogP contribution in [0, 0.1) is 12.7 Å². The van der Waals surface area contributed by atoms with Gasteiger partial charge in [0.1, 0.15) is 17.7 Å². The first-order valence-electron chi connectivity index (χ1n) is 8.31. The van der Waals surface area contributed by atoms with E-state index in [9.17, 15) is 9.18 Å². The summed E-state index contributed by atoms with van der Waals surface area (Å²) >= 11 is 0. The van der Waals surface area contributed by atoms with Crippen molar-refractivity contribution in [1.82, 2.24) is 9.55 Å². The Labute approximate surface area is 140 Å². The Morgan fingerprint density at radius 2 is 2.17 bits per heavy atom. The molecule has 1 aromatic heterocycles. The first-order chi connectivity index (χ1) is 11.5. The van der Waals surface area contributed by atoms with Crippen molar-refractivity contribution in [2.75, 3.05) is 5.32 Å². The Morgan fingerprint density at radius 1 is 1.42 bits per heavy atom. The summed E-state index contributed by atoms with van der Waals surface area (Å²) in [5, 5.41) is 2.71. The molecule has 0 spiro atoms. The van der Waals surface area contributed by atoms with Gasteiger partial charge in [0.05, 0.1) is 11.8 Å². The number of nitrogens with zero attached hydrogens (tertiary/aromatic N) is 2. The van der Waals surface area contributed by atoms with Crippen LogP contribution in [0.25, 0.3) is 5.69 Å². The zero-order valence-corrected chi connectivity index (χ0v) is 14.0. The molecule has 0 aliphatic heterocycles. The first kappa shape index (κ1) is 16.6. The summed E-state index contributed by atoms with van der Waals surface area (Å²) in [6.07, 6.45) is 7.24. The van der Waals surface area contributed by atoms with Crippen molar-refractivity contribution in [3.63, 3.8) is 0 Å². The van der Waals surface area contributed by atoms with Gasteiger partial charge in [-0.25, -0.2) is 9.37 Å². The lowest BCUT2D eigenvalue weighted by molar-refractivity contribution is -0.129. The number of aromatic nitrogens is 2. The third-order valence-corrected chi connectivity index (χ3v) is 4.37. The zero-order valence-electron chi connectivity index (χ0n) is 14.0. The van der Waals surface area contributed by atoms with Gasteiger partial charge in [0.15, 0.2) is 0 Å². The van der Waals surface area contributed by atoms with Gasteiger partial charge in [-0.1, -0.05) is 12.8 Å². The Morgan fingerprint density at radius 3 is 2.79 bits per heavy atom. The van der Waals surface area contributed by atoms with Crippen LogP contribution in [0.5, 0.6) is 0 Å². The van der Waals surface area contributed by atoms with E-state index in [1.54, 1.807) is 42.9 Å². The fourth-order valence-corrected chi connectivity index (χ4v) is 3.03.